The van der Waals surface area contributed by atoms with Crippen molar-refractivity contribution >= 4 is 5.78 Å². The largest absolute Gasteiger partial charge is 0.390 e. The third-order valence-corrected chi connectivity index (χ3v) is 9.50. The second kappa shape index (κ2) is 6.36. The molecule has 0 radical (unpaired) electrons. The minimum absolute atomic E-state index is 0.292. The molecule has 8 atom stereocenters. The molecule has 4 aliphatic rings. The summed E-state index contributed by atoms with van der Waals surface area (Å²) in [6, 6.07) is 0. The van der Waals surface area contributed by atoms with Crippen LogP contribution in [0.4, 0.5) is 0 Å². The fourth-order valence-corrected chi connectivity index (χ4v) is 8.06. The summed E-state index contributed by atoms with van der Waals surface area (Å²) in [6.45, 7) is 6.66. The number of rotatable bonds is 3. The van der Waals surface area contributed by atoms with E-state index in [-0.39, 0.29) is 5.60 Å². The van der Waals surface area contributed by atoms with E-state index in [2.05, 4.69) is 13.8 Å². The molecular formula is C23H38O2. The van der Waals surface area contributed by atoms with Gasteiger partial charge in [-0.3, -0.25) is 4.79 Å². The third-order valence-electron chi connectivity index (χ3n) is 9.50. The maximum atomic E-state index is 12.5. The molecule has 142 valence electrons. The molecular weight excluding hydrogens is 308 g/mol. The van der Waals surface area contributed by atoms with Gasteiger partial charge in [0.05, 0.1) is 5.60 Å². The van der Waals surface area contributed by atoms with Gasteiger partial charge in [-0.1, -0.05) is 20.8 Å². The summed E-state index contributed by atoms with van der Waals surface area (Å²) in [4.78, 5) is 12.5. The topological polar surface area (TPSA) is 37.3 Å². The van der Waals surface area contributed by atoms with Crippen LogP contribution in [0, 0.1) is 40.9 Å². The number of hydrogen-bond acceptors (Lipinski definition) is 2. The Morgan fingerprint density at radius 3 is 2.44 bits per heavy atom. The van der Waals surface area contributed by atoms with Crippen molar-refractivity contribution in [3.8, 4) is 0 Å². The summed E-state index contributed by atoms with van der Waals surface area (Å²) in [7, 11) is 0. The lowest BCUT2D eigenvalue weighted by Gasteiger charge is -2.57. The molecule has 2 nitrogen and oxygen atoms in total. The normalized spacial score (nSPS) is 52.2. The van der Waals surface area contributed by atoms with Crippen molar-refractivity contribution in [1.82, 2.24) is 0 Å². The molecule has 4 fully saturated rings. The fourth-order valence-electron chi connectivity index (χ4n) is 8.06. The van der Waals surface area contributed by atoms with Gasteiger partial charge in [0.1, 0.15) is 5.78 Å². The Bertz CT molecular complexity index is 528. The summed E-state index contributed by atoms with van der Waals surface area (Å²) in [5.74, 6) is 5.03. The Morgan fingerprint density at radius 2 is 1.72 bits per heavy atom. The van der Waals surface area contributed by atoms with Gasteiger partial charge in [0, 0.05) is 12.3 Å². The van der Waals surface area contributed by atoms with Gasteiger partial charge >= 0.3 is 0 Å². The van der Waals surface area contributed by atoms with E-state index < -0.39 is 0 Å². The summed E-state index contributed by atoms with van der Waals surface area (Å²) in [6.07, 6.45) is 12.7. The number of ketones is 1. The molecule has 4 aliphatic carbocycles. The van der Waals surface area contributed by atoms with Gasteiger partial charge in [-0.15, -0.1) is 0 Å². The molecule has 4 saturated carbocycles. The SMILES string of the molecule is CCC(=O)C1CCC2C3CCC4CC(O)(CC)CCC4C3CCC12C. The van der Waals surface area contributed by atoms with Gasteiger partial charge in [0.2, 0.25) is 0 Å². The first-order valence-electron chi connectivity index (χ1n) is 11.2. The van der Waals surface area contributed by atoms with E-state index in [4.69, 9.17) is 0 Å². The van der Waals surface area contributed by atoms with Crippen molar-refractivity contribution < 1.29 is 9.90 Å². The van der Waals surface area contributed by atoms with Gasteiger partial charge in [-0.05, 0) is 99.2 Å². The monoisotopic (exact) mass is 346 g/mol. The predicted octanol–water partition coefficient (Wildman–Crippen LogP) is 5.38. The predicted molar refractivity (Wildman–Crippen MR) is 101 cm³/mol. The molecule has 2 heteroatoms. The number of carbonyl (C=O) groups is 1. The molecule has 0 bridgehead atoms. The number of Topliss-reactive ketones (excluding diaryl/α,β-unsaturated/α-hetero) is 1. The van der Waals surface area contributed by atoms with Gasteiger partial charge < -0.3 is 5.11 Å². The molecule has 0 saturated heterocycles. The van der Waals surface area contributed by atoms with Crippen molar-refractivity contribution in [3.63, 3.8) is 0 Å². The first-order valence-corrected chi connectivity index (χ1v) is 11.2. The zero-order chi connectivity index (χ0) is 17.8. The van der Waals surface area contributed by atoms with E-state index in [1.165, 1.54) is 38.5 Å². The molecule has 4 rings (SSSR count). The Balaban J connectivity index is 1.52. The summed E-state index contributed by atoms with van der Waals surface area (Å²) in [5.41, 5.74) is -0.0803. The number of hydrogen-bond donors (Lipinski definition) is 1. The highest BCUT2D eigenvalue weighted by Gasteiger charge is 2.58. The maximum Gasteiger partial charge on any atom is 0.136 e. The minimum Gasteiger partial charge on any atom is -0.390 e. The van der Waals surface area contributed by atoms with Crippen molar-refractivity contribution in [3.05, 3.63) is 0 Å². The van der Waals surface area contributed by atoms with Crippen LogP contribution in [-0.2, 0) is 4.79 Å². The van der Waals surface area contributed by atoms with Gasteiger partial charge in [0.25, 0.3) is 0 Å². The van der Waals surface area contributed by atoms with Crippen LogP contribution in [0.5, 0.6) is 0 Å². The molecule has 25 heavy (non-hydrogen) atoms. The highest BCUT2D eigenvalue weighted by atomic mass is 16.3. The van der Waals surface area contributed by atoms with E-state index in [1.54, 1.807) is 0 Å². The van der Waals surface area contributed by atoms with Gasteiger partial charge in [0.15, 0.2) is 0 Å². The van der Waals surface area contributed by atoms with Gasteiger partial charge in [-0.2, -0.15) is 0 Å². The third kappa shape index (κ3) is 2.73. The first kappa shape index (κ1) is 18.0. The molecule has 8 unspecified atom stereocenters. The molecule has 0 aliphatic heterocycles. The Kier molecular flexibility index (Phi) is 4.58. The zero-order valence-corrected chi connectivity index (χ0v) is 16.6. The van der Waals surface area contributed by atoms with E-state index in [0.29, 0.717) is 17.1 Å². The van der Waals surface area contributed by atoms with Crippen molar-refractivity contribution in [2.24, 2.45) is 40.9 Å². The summed E-state index contributed by atoms with van der Waals surface area (Å²) in [5, 5.41) is 10.8. The standard InChI is InChI=1S/C23H38O2/c1-4-21(24)20-9-8-19-18-7-6-15-14-23(25,5-2)13-11-16(15)17(18)10-12-22(19,20)3/h15-20,25H,4-14H2,1-3H3. The van der Waals surface area contributed by atoms with Gasteiger partial charge in [-0.25, -0.2) is 0 Å². The van der Waals surface area contributed by atoms with Crippen LogP contribution >= 0.6 is 0 Å². The van der Waals surface area contributed by atoms with Crippen LogP contribution in [0.1, 0.15) is 91.4 Å². The average Bonchev–Trinajstić information content (AvgIpc) is 2.98. The van der Waals surface area contributed by atoms with Crippen LogP contribution in [-0.4, -0.2) is 16.5 Å². The molecule has 0 aromatic carbocycles. The molecule has 0 aromatic heterocycles. The van der Waals surface area contributed by atoms with Crippen LogP contribution in [0.2, 0.25) is 0 Å². The zero-order valence-electron chi connectivity index (χ0n) is 16.6. The fraction of sp³-hybridized carbons (Fsp3) is 0.957. The number of carbonyl (C=O) groups excluding carboxylic acids is 1. The maximum absolute atomic E-state index is 12.5. The van der Waals surface area contributed by atoms with Crippen LogP contribution < -0.4 is 0 Å². The molecule has 0 aromatic rings. The summed E-state index contributed by atoms with van der Waals surface area (Å²) < 4.78 is 0. The van der Waals surface area contributed by atoms with E-state index in [1.807, 2.05) is 6.92 Å². The highest BCUT2D eigenvalue weighted by molar-refractivity contribution is 5.81. The van der Waals surface area contributed by atoms with E-state index in [9.17, 15) is 9.90 Å². The number of fused-ring (bicyclic) bond motifs is 5. The van der Waals surface area contributed by atoms with Crippen molar-refractivity contribution in [2.45, 2.75) is 97.0 Å². The highest BCUT2D eigenvalue weighted by Crippen LogP contribution is 2.64. The molecule has 0 heterocycles. The number of aliphatic hydroxyl groups is 1. The van der Waals surface area contributed by atoms with Crippen molar-refractivity contribution in [1.29, 1.82) is 0 Å². The molecule has 1 N–H and O–H groups in total. The first-order chi connectivity index (χ1) is 11.9. The Labute approximate surface area is 154 Å². The second-order valence-electron chi connectivity index (χ2n) is 10.3. The van der Waals surface area contributed by atoms with E-state index >= 15 is 0 Å². The molecule has 0 spiro atoms. The van der Waals surface area contributed by atoms with Crippen LogP contribution in [0.3, 0.4) is 0 Å². The Hall–Kier alpha value is -0.370. The Morgan fingerprint density at radius 1 is 0.960 bits per heavy atom. The van der Waals surface area contributed by atoms with Crippen LogP contribution in [0.25, 0.3) is 0 Å². The second-order valence-corrected chi connectivity index (χ2v) is 10.3. The van der Waals surface area contributed by atoms with Crippen LogP contribution in [0.15, 0.2) is 0 Å². The lowest BCUT2D eigenvalue weighted by Crippen LogP contribution is -2.51. The minimum atomic E-state index is -0.372. The quantitative estimate of drug-likeness (QED) is 0.745. The average molecular weight is 347 g/mol. The lowest BCUT2D eigenvalue weighted by atomic mass is 9.48. The van der Waals surface area contributed by atoms with E-state index in [0.717, 1.165) is 61.7 Å². The lowest BCUT2D eigenvalue weighted by molar-refractivity contribution is -0.132. The summed E-state index contributed by atoms with van der Waals surface area (Å²) >= 11 is 0. The molecule has 0 amide bonds. The smallest absolute Gasteiger partial charge is 0.136 e. The van der Waals surface area contributed by atoms with Crippen molar-refractivity contribution in [2.75, 3.05) is 0 Å².